The van der Waals surface area contributed by atoms with E-state index in [1.54, 1.807) is 13.3 Å². The lowest BCUT2D eigenvalue weighted by Gasteiger charge is -2.26. The molecule has 0 aliphatic carbocycles. The van der Waals surface area contributed by atoms with Crippen LogP contribution >= 0.6 is 11.6 Å². The predicted octanol–water partition coefficient (Wildman–Crippen LogP) is 1.66. The van der Waals surface area contributed by atoms with Crippen LogP contribution in [0.5, 0.6) is 0 Å². The fourth-order valence-electron chi connectivity index (χ4n) is 1.40. The Hall–Kier alpha value is -0.840. The van der Waals surface area contributed by atoms with Crippen molar-refractivity contribution in [3.8, 4) is 0 Å². The first-order chi connectivity index (χ1) is 7.60. The average molecular weight is 244 g/mol. The first-order valence-electron chi connectivity index (χ1n) is 5.16. The summed E-state index contributed by atoms with van der Waals surface area (Å²) in [5.74, 6) is 0.753. The summed E-state index contributed by atoms with van der Waals surface area (Å²) < 4.78 is 5.10. The molecule has 1 atom stereocenters. The van der Waals surface area contributed by atoms with E-state index in [1.165, 1.54) is 0 Å². The van der Waals surface area contributed by atoms with Gasteiger partial charge in [0, 0.05) is 26.9 Å². The van der Waals surface area contributed by atoms with Gasteiger partial charge in [-0.3, -0.25) is 0 Å². The van der Waals surface area contributed by atoms with Crippen LogP contribution in [-0.2, 0) is 11.3 Å². The Morgan fingerprint density at radius 3 is 2.81 bits per heavy atom. The van der Waals surface area contributed by atoms with Crippen LogP contribution in [0.1, 0.15) is 12.5 Å². The second-order valence-electron chi connectivity index (χ2n) is 3.77. The minimum absolute atomic E-state index is 0.221. The number of hydrogen-bond acceptors (Lipinski definition) is 4. The fourth-order valence-corrected chi connectivity index (χ4v) is 1.73. The maximum atomic E-state index is 6.15. The molecule has 0 radical (unpaired) electrons. The maximum absolute atomic E-state index is 6.15. The fraction of sp³-hybridized carbons (Fsp3) is 0.545. The number of nitrogens with zero attached hydrogens (tertiary/aromatic N) is 2. The van der Waals surface area contributed by atoms with Crippen LogP contribution in [0.25, 0.3) is 0 Å². The van der Waals surface area contributed by atoms with Crippen LogP contribution in [-0.4, -0.2) is 31.8 Å². The van der Waals surface area contributed by atoms with Crippen molar-refractivity contribution in [1.29, 1.82) is 0 Å². The van der Waals surface area contributed by atoms with Crippen molar-refractivity contribution in [2.24, 2.45) is 5.73 Å². The SMILES string of the molecule is COCC(C)N(C)c1ncc(CN)cc1Cl. The molecule has 2 N–H and O–H groups in total. The molecule has 90 valence electrons. The number of pyridine rings is 1. The molecule has 0 aromatic carbocycles. The quantitative estimate of drug-likeness (QED) is 0.855. The van der Waals surface area contributed by atoms with Gasteiger partial charge in [-0.05, 0) is 18.6 Å². The van der Waals surface area contributed by atoms with E-state index in [9.17, 15) is 0 Å². The van der Waals surface area contributed by atoms with Gasteiger partial charge in [-0.25, -0.2) is 4.98 Å². The maximum Gasteiger partial charge on any atom is 0.147 e. The third-order valence-electron chi connectivity index (χ3n) is 2.52. The first kappa shape index (κ1) is 13.2. The van der Waals surface area contributed by atoms with Gasteiger partial charge in [0.25, 0.3) is 0 Å². The van der Waals surface area contributed by atoms with Crippen molar-refractivity contribution in [1.82, 2.24) is 4.98 Å². The summed E-state index contributed by atoms with van der Waals surface area (Å²) in [6.45, 7) is 3.13. The Morgan fingerprint density at radius 2 is 2.31 bits per heavy atom. The minimum Gasteiger partial charge on any atom is -0.383 e. The Kier molecular flexibility index (Phi) is 4.99. The largest absolute Gasteiger partial charge is 0.383 e. The van der Waals surface area contributed by atoms with E-state index in [0.29, 0.717) is 18.2 Å². The highest BCUT2D eigenvalue weighted by Gasteiger charge is 2.14. The Balaban J connectivity index is 2.87. The van der Waals surface area contributed by atoms with Gasteiger partial charge in [-0.1, -0.05) is 11.6 Å². The molecule has 0 saturated heterocycles. The van der Waals surface area contributed by atoms with Crippen LogP contribution in [0, 0.1) is 0 Å². The van der Waals surface area contributed by atoms with Gasteiger partial charge < -0.3 is 15.4 Å². The van der Waals surface area contributed by atoms with Crippen LogP contribution in [0.3, 0.4) is 0 Å². The van der Waals surface area contributed by atoms with Gasteiger partial charge >= 0.3 is 0 Å². The van der Waals surface area contributed by atoms with Crippen LogP contribution in [0.2, 0.25) is 5.02 Å². The Morgan fingerprint density at radius 1 is 1.62 bits per heavy atom. The molecule has 1 heterocycles. The number of ether oxygens (including phenoxy) is 1. The third kappa shape index (κ3) is 3.07. The summed E-state index contributed by atoms with van der Waals surface area (Å²) in [6, 6.07) is 2.07. The van der Waals surface area contributed by atoms with Crippen molar-refractivity contribution in [3.05, 3.63) is 22.8 Å². The summed E-state index contributed by atoms with van der Waals surface area (Å²) >= 11 is 6.15. The molecule has 0 saturated carbocycles. The number of halogens is 1. The second-order valence-corrected chi connectivity index (χ2v) is 4.18. The highest BCUT2D eigenvalue weighted by Crippen LogP contribution is 2.24. The number of anilines is 1. The van der Waals surface area contributed by atoms with Crippen molar-refractivity contribution in [3.63, 3.8) is 0 Å². The zero-order valence-corrected chi connectivity index (χ0v) is 10.7. The zero-order chi connectivity index (χ0) is 12.1. The van der Waals surface area contributed by atoms with E-state index < -0.39 is 0 Å². The topological polar surface area (TPSA) is 51.4 Å². The molecule has 1 aromatic rings. The van der Waals surface area contributed by atoms with E-state index in [1.807, 2.05) is 18.0 Å². The number of methoxy groups -OCH3 is 1. The molecule has 1 unspecified atom stereocenters. The molecular formula is C11H18ClN3O. The minimum atomic E-state index is 0.221. The number of aromatic nitrogens is 1. The molecule has 1 aromatic heterocycles. The Labute approximate surface area is 101 Å². The summed E-state index contributed by atoms with van der Waals surface area (Å²) in [4.78, 5) is 6.30. The molecule has 0 spiro atoms. The number of likely N-dealkylation sites (N-methyl/N-ethyl adjacent to an activating group) is 1. The number of nitrogens with two attached hydrogens (primary N) is 1. The zero-order valence-electron chi connectivity index (χ0n) is 9.90. The predicted molar refractivity (Wildman–Crippen MR) is 66.9 cm³/mol. The van der Waals surface area contributed by atoms with Gasteiger partial charge in [0.1, 0.15) is 5.82 Å². The third-order valence-corrected chi connectivity index (χ3v) is 2.80. The van der Waals surface area contributed by atoms with E-state index in [2.05, 4.69) is 11.9 Å². The smallest absolute Gasteiger partial charge is 0.147 e. The molecule has 4 nitrogen and oxygen atoms in total. The van der Waals surface area contributed by atoms with Crippen molar-refractivity contribution in [2.75, 3.05) is 25.7 Å². The summed E-state index contributed by atoms with van der Waals surface area (Å²) in [7, 11) is 3.62. The van der Waals surface area contributed by atoms with Crippen molar-refractivity contribution in [2.45, 2.75) is 19.5 Å². The first-order valence-corrected chi connectivity index (χ1v) is 5.54. The molecule has 1 rings (SSSR count). The number of hydrogen-bond donors (Lipinski definition) is 1. The monoisotopic (exact) mass is 243 g/mol. The van der Waals surface area contributed by atoms with Gasteiger partial charge in [-0.15, -0.1) is 0 Å². The number of rotatable bonds is 5. The summed E-state index contributed by atoms with van der Waals surface area (Å²) in [5.41, 5.74) is 6.45. The normalized spacial score (nSPS) is 12.6. The summed E-state index contributed by atoms with van der Waals surface area (Å²) in [5, 5.41) is 0.619. The Bertz CT molecular complexity index is 346. The average Bonchev–Trinajstić information content (AvgIpc) is 2.28. The van der Waals surface area contributed by atoms with Gasteiger partial charge in [0.05, 0.1) is 17.7 Å². The van der Waals surface area contributed by atoms with Crippen LogP contribution in [0.4, 0.5) is 5.82 Å². The highest BCUT2D eigenvalue weighted by atomic mass is 35.5. The lowest BCUT2D eigenvalue weighted by molar-refractivity contribution is 0.183. The van der Waals surface area contributed by atoms with Crippen molar-refractivity contribution >= 4 is 17.4 Å². The molecule has 0 aliphatic heterocycles. The molecule has 0 fully saturated rings. The summed E-state index contributed by atoms with van der Waals surface area (Å²) in [6.07, 6.45) is 1.75. The van der Waals surface area contributed by atoms with Gasteiger partial charge in [0.2, 0.25) is 0 Å². The van der Waals surface area contributed by atoms with Crippen molar-refractivity contribution < 1.29 is 4.74 Å². The molecule has 0 bridgehead atoms. The molecule has 0 aliphatic rings. The van der Waals surface area contributed by atoms with E-state index >= 15 is 0 Å². The van der Waals surface area contributed by atoms with Gasteiger partial charge in [-0.2, -0.15) is 0 Å². The molecule has 5 heteroatoms. The van der Waals surface area contributed by atoms with E-state index in [4.69, 9.17) is 22.1 Å². The lowest BCUT2D eigenvalue weighted by Crippen LogP contribution is -2.33. The molecule has 0 amide bonds. The highest BCUT2D eigenvalue weighted by molar-refractivity contribution is 6.33. The standard InChI is InChI=1S/C11H18ClN3O/c1-8(7-16-3)15(2)11-10(12)4-9(5-13)6-14-11/h4,6,8H,5,7,13H2,1-3H3. The van der Waals surface area contributed by atoms with Gasteiger partial charge in [0.15, 0.2) is 0 Å². The lowest BCUT2D eigenvalue weighted by atomic mass is 10.2. The molecule has 16 heavy (non-hydrogen) atoms. The van der Waals surface area contributed by atoms with E-state index in [-0.39, 0.29) is 6.04 Å². The second kappa shape index (κ2) is 6.03. The van der Waals surface area contributed by atoms with E-state index in [0.717, 1.165) is 11.4 Å². The van der Waals surface area contributed by atoms with Crippen LogP contribution < -0.4 is 10.6 Å². The van der Waals surface area contributed by atoms with Crippen LogP contribution in [0.15, 0.2) is 12.3 Å². The molecular weight excluding hydrogens is 226 g/mol.